The van der Waals surface area contributed by atoms with Crippen LogP contribution in [0, 0.1) is 0 Å². The highest BCUT2D eigenvalue weighted by atomic mass is 32.1. The Morgan fingerprint density at radius 1 is 1.21 bits per heavy atom. The van der Waals surface area contributed by atoms with Crippen molar-refractivity contribution >= 4 is 34.0 Å². The van der Waals surface area contributed by atoms with Gasteiger partial charge in [-0.25, -0.2) is 4.98 Å². The molecule has 0 fully saturated rings. The fourth-order valence-electron chi connectivity index (χ4n) is 3.29. The molecule has 4 rings (SSSR count). The summed E-state index contributed by atoms with van der Waals surface area (Å²) < 4.78 is 5.55. The number of amides is 2. The molecule has 0 radical (unpaired) electrons. The van der Waals surface area contributed by atoms with E-state index in [2.05, 4.69) is 10.3 Å². The van der Waals surface area contributed by atoms with E-state index in [4.69, 9.17) is 4.74 Å². The van der Waals surface area contributed by atoms with Gasteiger partial charge in [0.2, 0.25) is 11.8 Å². The number of thiazole rings is 1. The highest BCUT2D eigenvalue weighted by Crippen LogP contribution is 2.34. The molecular formula is C22H21N3O3S. The third-order valence-corrected chi connectivity index (χ3v) is 5.51. The Balaban J connectivity index is 1.37. The van der Waals surface area contributed by atoms with Gasteiger partial charge in [0, 0.05) is 30.1 Å². The molecule has 2 aromatic carbocycles. The zero-order valence-corrected chi connectivity index (χ0v) is 16.9. The molecule has 1 aromatic heterocycles. The number of hydrogen-bond donors (Lipinski definition) is 1. The van der Waals surface area contributed by atoms with Crippen LogP contribution >= 0.6 is 11.3 Å². The average molecular weight is 407 g/mol. The van der Waals surface area contributed by atoms with E-state index in [9.17, 15) is 9.59 Å². The molecular weight excluding hydrogens is 386 g/mol. The first-order chi connectivity index (χ1) is 14.1. The molecule has 0 saturated heterocycles. The van der Waals surface area contributed by atoms with Gasteiger partial charge in [-0.15, -0.1) is 11.3 Å². The normalized spacial score (nSPS) is 12.5. The molecule has 0 bridgehead atoms. The summed E-state index contributed by atoms with van der Waals surface area (Å²) in [6.07, 6.45) is 1.12. The molecule has 1 aliphatic heterocycles. The maximum Gasteiger partial charge on any atom is 0.229 e. The summed E-state index contributed by atoms with van der Waals surface area (Å²) in [5, 5.41) is 5.28. The van der Waals surface area contributed by atoms with Crippen LogP contribution in [-0.2, 0) is 16.0 Å². The topological polar surface area (TPSA) is 71.5 Å². The quantitative estimate of drug-likeness (QED) is 0.667. The van der Waals surface area contributed by atoms with E-state index in [1.165, 1.54) is 16.9 Å². The third-order valence-electron chi connectivity index (χ3n) is 4.75. The van der Waals surface area contributed by atoms with Crippen LogP contribution in [-0.4, -0.2) is 29.9 Å². The van der Waals surface area contributed by atoms with E-state index >= 15 is 0 Å². The van der Waals surface area contributed by atoms with Crippen molar-refractivity contribution in [3.8, 4) is 17.0 Å². The Bertz CT molecular complexity index is 1030. The first-order valence-electron chi connectivity index (χ1n) is 9.45. The van der Waals surface area contributed by atoms with Crippen molar-refractivity contribution in [2.24, 2.45) is 0 Å². The summed E-state index contributed by atoms with van der Waals surface area (Å²) in [7, 11) is 0. The van der Waals surface area contributed by atoms with E-state index in [1.54, 1.807) is 11.8 Å². The van der Waals surface area contributed by atoms with Crippen molar-refractivity contribution in [2.75, 3.05) is 23.4 Å². The molecule has 148 valence electrons. The monoisotopic (exact) mass is 407 g/mol. The largest absolute Gasteiger partial charge is 0.493 e. The second kappa shape index (κ2) is 8.45. The van der Waals surface area contributed by atoms with Crippen LogP contribution in [0.4, 0.5) is 10.8 Å². The molecule has 1 N–H and O–H groups in total. The lowest BCUT2D eigenvalue weighted by atomic mass is 10.1. The molecule has 0 saturated carbocycles. The fourth-order valence-corrected chi connectivity index (χ4v) is 4.03. The molecule has 0 unspecified atom stereocenters. The Labute approximate surface area is 173 Å². The Hall–Kier alpha value is -3.19. The summed E-state index contributed by atoms with van der Waals surface area (Å²) in [6.45, 7) is 2.61. The Morgan fingerprint density at radius 2 is 2.03 bits per heavy atom. The lowest BCUT2D eigenvalue weighted by Crippen LogP contribution is -2.25. The van der Waals surface area contributed by atoms with Crippen molar-refractivity contribution in [3.05, 3.63) is 59.5 Å². The highest BCUT2D eigenvalue weighted by Gasteiger charge is 2.22. The molecule has 6 nitrogen and oxygen atoms in total. The van der Waals surface area contributed by atoms with Crippen LogP contribution in [0.25, 0.3) is 11.3 Å². The minimum atomic E-state index is -0.140. The maximum absolute atomic E-state index is 12.2. The molecule has 29 heavy (non-hydrogen) atoms. The van der Waals surface area contributed by atoms with Crippen LogP contribution in [0.1, 0.15) is 18.9 Å². The number of rotatable bonds is 6. The lowest BCUT2D eigenvalue weighted by molar-refractivity contribution is -0.117. The Morgan fingerprint density at radius 3 is 2.83 bits per heavy atom. The van der Waals surface area contributed by atoms with Crippen LogP contribution < -0.4 is 15.0 Å². The van der Waals surface area contributed by atoms with Gasteiger partial charge < -0.3 is 15.0 Å². The van der Waals surface area contributed by atoms with Crippen molar-refractivity contribution in [1.29, 1.82) is 0 Å². The molecule has 7 heteroatoms. The van der Waals surface area contributed by atoms with Gasteiger partial charge in [-0.1, -0.05) is 30.3 Å². The van der Waals surface area contributed by atoms with E-state index in [1.807, 2.05) is 53.9 Å². The predicted molar refractivity (Wildman–Crippen MR) is 114 cm³/mol. The van der Waals surface area contributed by atoms with Gasteiger partial charge in [0.1, 0.15) is 5.75 Å². The highest BCUT2D eigenvalue weighted by molar-refractivity contribution is 7.14. The van der Waals surface area contributed by atoms with Crippen LogP contribution in [0.5, 0.6) is 5.75 Å². The summed E-state index contributed by atoms with van der Waals surface area (Å²) in [4.78, 5) is 30.3. The summed E-state index contributed by atoms with van der Waals surface area (Å²) in [6, 6.07) is 15.5. The number of anilines is 2. The number of aromatic nitrogens is 1. The minimum absolute atomic E-state index is 0.0462. The summed E-state index contributed by atoms with van der Waals surface area (Å²) >= 11 is 1.38. The summed E-state index contributed by atoms with van der Waals surface area (Å²) in [5.41, 5.74) is 3.84. The molecule has 2 heterocycles. The first kappa shape index (κ1) is 19.1. The number of nitrogens with zero attached hydrogens (tertiary/aromatic N) is 2. The van der Waals surface area contributed by atoms with Crippen molar-refractivity contribution in [3.63, 3.8) is 0 Å². The number of nitrogens with one attached hydrogen (secondary N) is 1. The van der Waals surface area contributed by atoms with Gasteiger partial charge in [0.05, 0.1) is 18.7 Å². The predicted octanol–water partition coefficient (Wildman–Crippen LogP) is 4.13. The number of ether oxygens (including phenoxy) is 1. The third kappa shape index (κ3) is 4.46. The fraction of sp³-hybridized carbons (Fsp3) is 0.227. The number of fused-ring (bicyclic) bond motifs is 1. The molecule has 2 amide bonds. The Kier molecular flexibility index (Phi) is 5.57. The van der Waals surface area contributed by atoms with Crippen LogP contribution in [0.2, 0.25) is 0 Å². The van der Waals surface area contributed by atoms with Gasteiger partial charge in [-0.3, -0.25) is 9.59 Å². The van der Waals surface area contributed by atoms with Gasteiger partial charge in [0.15, 0.2) is 5.13 Å². The van der Waals surface area contributed by atoms with Gasteiger partial charge in [-0.05, 0) is 30.2 Å². The van der Waals surface area contributed by atoms with E-state index in [-0.39, 0.29) is 18.2 Å². The summed E-state index contributed by atoms with van der Waals surface area (Å²) in [5.74, 6) is 0.649. The number of carbonyl (C=O) groups is 2. The van der Waals surface area contributed by atoms with E-state index < -0.39 is 0 Å². The number of carbonyl (C=O) groups excluding carboxylic acids is 2. The zero-order valence-electron chi connectivity index (χ0n) is 16.1. The standard InChI is InChI=1S/C22H21N3O3S/c1-15(26)25-11-9-16-7-8-17(13-20(16)25)19-14-29-22(23-19)24-21(27)10-12-28-18-5-3-2-4-6-18/h2-8,13-14H,9-12H2,1H3,(H,23,24,27). The SMILES string of the molecule is CC(=O)N1CCc2ccc(-c3csc(NC(=O)CCOc4ccccc4)n3)cc21. The van der Waals surface area contributed by atoms with Crippen molar-refractivity contribution in [1.82, 2.24) is 4.98 Å². The van der Waals surface area contributed by atoms with Gasteiger partial charge in [-0.2, -0.15) is 0 Å². The second-order valence-electron chi connectivity index (χ2n) is 6.76. The van der Waals surface area contributed by atoms with Crippen molar-refractivity contribution in [2.45, 2.75) is 19.8 Å². The molecule has 1 aliphatic rings. The molecule has 0 aliphatic carbocycles. The van der Waals surface area contributed by atoms with Gasteiger partial charge >= 0.3 is 0 Å². The van der Waals surface area contributed by atoms with Gasteiger partial charge in [0.25, 0.3) is 0 Å². The average Bonchev–Trinajstić information content (AvgIpc) is 3.35. The zero-order chi connectivity index (χ0) is 20.2. The minimum Gasteiger partial charge on any atom is -0.493 e. The smallest absolute Gasteiger partial charge is 0.229 e. The van der Waals surface area contributed by atoms with Crippen LogP contribution in [0.15, 0.2) is 53.9 Å². The number of hydrogen-bond acceptors (Lipinski definition) is 5. The van der Waals surface area contributed by atoms with E-state index in [0.29, 0.717) is 11.7 Å². The maximum atomic E-state index is 12.2. The van der Waals surface area contributed by atoms with Crippen LogP contribution in [0.3, 0.4) is 0 Å². The number of para-hydroxylation sites is 1. The van der Waals surface area contributed by atoms with Crippen molar-refractivity contribution < 1.29 is 14.3 Å². The first-order valence-corrected chi connectivity index (χ1v) is 10.3. The molecule has 0 atom stereocenters. The second-order valence-corrected chi connectivity index (χ2v) is 7.62. The lowest BCUT2D eigenvalue weighted by Gasteiger charge is -2.15. The molecule has 3 aromatic rings. The van der Waals surface area contributed by atoms with E-state index in [0.717, 1.165) is 35.7 Å². The number of benzene rings is 2. The molecule has 0 spiro atoms.